The number of rotatable bonds is 9. The summed E-state index contributed by atoms with van der Waals surface area (Å²) >= 11 is 0. The van der Waals surface area contributed by atoms with Gasteiger partial charge in [0.25, 0.3) is 5.91 Å². The van der Waals surface area contributed by atoms with Gasteiger partial charge in [-0.25, -0.2) is 0 Å². The number of amides is 1. The smallest absolute Gasteiger partial charge is 0.251 e. The van der Waals surface area contributed by atoms with Gasteiger partial charge in [-0.1, -0.05) is 37.3 Å². The number of nitrogens with one attached hydrogen (secondary N) is 1. The quantitative estimate of drug-likeness (QED) is 0.716. The first-order valence-corrected chi connectivity index (χ1v) is 8.31. The first kappa shape index (κ1) is 18.0. The van der Waals surface area contributed by atoms with Crippen LogP contribution in [0.4, 0.5) is 0 Å². The molecule has 2 rings (SSSR count). The van der Waals surface area contributed by atoms with E-state index in [-0.39, 0.29) is 5.91 Å². The molecule has 2 aromatic carbocycles. The molecule has 0 radical (unpaired) electrons. The van der Waals surface area contributed by atoms with E-state index in [9.17, 15) is 4.79 Å². The molecule has 0 aliphatic rings. The van der Waals surface area contributed by atoms with Gasteiger partial charge in [0.05, 0.1) is 13.7 Å². The third-order valence-electron chi connectivity index (χ3n) is 3.69. The third-order valence-corrected chi connectivity index (χ3v) is 3.69. The second kappa shape index (κ2) is 9.73. The standard InChI is InChI=1S/C20H25NO3/c1-3-13-24-15-18-14-17(9-10-19(18)23-2)20(22)21-12-11-16-7-5-4-6-8-16/h4-10,14H,3,11-13,15H2,1-2H3,(H,21,22). The molecule has 0 heterocycles. The lowest BCUT2D eigenvalue weighted by molar-refractivity contribution is 0.0953. The van der Waals surface area contributed by atoms with E-state index in [1.54, 1.807) is 13.2 Å². The molecule has 0 saturated carbocycles. The summed E-state index contributed by atoms with van der Waals surface area (Å²) in [5.41, 5.74) is 2.72. The highest BCUT2D eigenvalue weighted by Gasteiger charge is 2.10. The van der Waals surface area contributed by atoms with Crippen molar-refractivity contribution in [3.8, 4) is 5.75 Å². The maximum Gasteiger partial charge on any atom is 0.251 e. The van der Waals surface area contributed by atoms with Crippen molar-refractivity contribution in [1.82, 2.24) is 5.32 Å². The summed E-state index contributed by atoms with van der Waals surface area (Å²) in [6.45, 7) is 3.81. The van der Waals surface area contributed by atoms with Crippen molar-refractivity contribution in [2.24, 2.45) is 0 Å². The SMILES string of the molecule is CCCOCc1cc(C(=O)NCCc2ccccc2)ccc1OC. The van der Waals surface area contributed by atoms with Crippen LogP contribution in [-0.2, 0) is 17.8 Å². The Morgan fingerprint density at radius 1 is 1.12 bits per heavy atom. The fourth-order valence-electron chi connectivity index (χ4n) is 2.43. The fourth-order valence-corrected chi connectivity index (χ4v) is 2.43. The van der Waals surface area contributed by atoms with E-state index < -0.39 is 0 Å². The second-order valence-corrected chi connectivity index (χ2v) is 5.57. The van der Waals surface area contributed by atoms with Gasteiger partial charge in [-0.15, -0.1) is 0 Å². The maximum absolute atomic E-state index is 12.3. The topological polar surface area (TPSA) is 47.6 Å². The lowest BCUT2D eigenvalue weighted by Crippen LogP contribution is -2.25. The van der Waals surface area contributed by atoms with E-state index in [1.807, 2.05) is 30.3 Å². The van der Waals surface area contributed by atoms with E-state index in [4.69, 9.17) is 9.47 Å². The summed E-state index contributed by atoms with van der Waals surface area (Å²) in [5, 5.41) is 2.96. The van der Waals surface area contributed by atoms with E-state index >= 15 is 0 Å². The lowest BCUT2D eigenvalue weighted by atomic mass is 10.1. The molecule has 0 aromatic heterocycles. The molecule has 128 valence electrons. The largest absolute Gasteiger partial charge is 0.496 e. The average Bonchev–Trinajstić information content (AvgIpc) is 2.62. The summed E-state index contributed by atoms with van der Waals surface area (Å²) in [6, 6.07) is 15.5. The molecule has 24 heavy (non-hydrogen) atoms. The molecule has 0 bridgehead atoms. The average molecular weight is 327 g/mol. The Morgan fingerprint density at radius 3 is 2.62 bits per heavy atom. The molecule has 2 aromatic rings. The molecule has 0 fully saturated rings. The first-order valence-electron chi connectivity index (χ1n) is 8.31. The van der Waals surface area contributed by atoms with E-state index in [0.717, 1.165) is 24.2 Å². The summed E-state index contributed by atoms with van der Waals surface area (Å²) in [6.07, 6.45) is 1.77. The Bertz CT molecular complexity index is 641. The fraction of sp³-hybridized carbons (Fsp3) is 0.350. The van der Waals surface area contributed by atoms with Crippen molar-refractivity contribution < 1.29 is 14.3 Å². The molecule has 0 aliphatic carbocycles. The molecule has 0 atom stereocenters. The van der Waals surface area contributed by atoms with Crippen LogP contribution in [0.5, 0.6) is 5.75 Å². The number of hydrogen-bond donors (Lipinski definition) is 1. The Kier molecular flexibility index (Phi) is 7.30. The molecule has 0 spiro atoms. The van der Waals surface area contributed by atoms with Crippen molar-refractivity contribution in [1.29, 1.82) is 0 Å². The maximum atomic E-state index is 12.3. The number of hydrogen-bond acceptors (Lipinski definition) is 3. The zero-order valence-corrected chi connectivity index (χ0v) is 14.4. The van der Waals surface area contributed by atoms with Crippen LogP contribution in [0.1, 0.15) is 34.8 Å². The molecule has 1 amide bonds. The predicted octanol–water partition coefficient (Wildman–Crippen LogP) is 3.59. The number of carbonyl (C=O) groups is 1. The van der Waals surface area contributed by atoms with Crippen LogP contribution >= 0.6 is 0 Å². The van der Waals surface area contributed by atoms with Gasteiger partial charge >= 0.3 is 0 Å². The summed E-state index contributed by atoms with van der Waals surface area (Å²) in [5.74, 6) is 0.664. The molecular weight excluding hydrogens is 302 g/mol. The minimum Gasteiger partial charge on any atom is -0.496 e. The molecule has 4 nitrogen and oxygen atoms in total. The minimum absolute atomic E-state index is 0.0784. The van der Waals surface area contributed by atoms with Crippen molar-refractivity contribution in [2.75, 3.05) is 20.3 Å². The number of ether oxygens (including phenoxy) is 2. The monoisotopic (exact) mass is 327 g/mol. The van der Waals surface area contributed by atoms with E-state index in [1.165, 1.54) is 5.56 Å². The zero-order chi connectivity index (χ0) is 17.2. The Balaban J connectivity index is 1.94. The lowest BCUT2D eigenvalue weighted by Gasteiger charge is -2.11. The second-order valence-electron chi connectivity index (χ2n) is 5.57. The van der Waals surface area contributed by atoms with Crippen LogP contribution < -0.4 is 10.1 Å². The number of carbonyl (C=O) groups excluding carboxylic acids is 1. The summed E-state index contributed by atoms with van der Waals surface area (Å²) < 4.78 is 10.9. The molecule has 0 saturated heterocycles. The minimum atomic E-state index is -0.0784. The third kappa shape index (κ3) is 5.39. The molecule has 0 unspecified atom stereocenters. The van der Waals surface area contributed by atoms with Gasteiger partial charge in [-0.2, -0.15) is 0 Å². The normalized spacial score (nSPS) is 10.4. The Labute approximate surface area is 143 Å². The van der Waals surface area contributed by atoms with Crippen molar-refractivity contribution in [3.63, 3.8) is 0 Å². The van der Waals surface area contributed by atoms with Crippen molar-refractivity contribution in [2.45, 2.75) is 26.4 Å². The van der Waals surface area contributed by atoms with Crippen LogP contribution in [0.3, 0.4) is 0 Å². The van der Waals surface area contributed by atoms with Crippen molar-refractivity contribution >= 4 is 5.91 Å². The molecule has 0 aliphatic heterocycles. The van der Waals surface area contributed by atoms with E-state index in [0.29, 0.717) is 25.3 Å². The van der Waals surface area contributed by atoms with Gasteiger partial charge in [0.15, 0.2) is 0 Å². The van der Waals surface area contributed by atoms with E-state index in [2.05, 4.69) is 24.4 Å². The highest BCUT2D eigenvalue weighted by Crippen LogP contribution is 2.21. The number of methoxy groups -OCH3 is 1. The van der Waals surface area contributed by atoms with Crippen LogP contribution in [0.15, 0.2) is 48.5 Å². The zero-order valence-electron chi connectivity index (χ0n) is 14.4. The molecule has 4 heteroatoms. The number of benzene rings is 2. The first-order chi connectivity index (χ1) is 11.7. The van der Waals surface area contributed by atoms with Crippen LogP contribution in [-0.4, -0.2) is 26.2 Å². The van der Waals surface area contributed by atoms with Crippen LogP contribution in [0, 0.1) is 0 Å². The highest BCUT2D eigenvalue weighted by molar-refractivity contribution is 5.94. The van der Waals surface area contributed by atoms with Gasteiger partial charge in [-0.3, -0.25) is 4.79 Å². The van der Waals surface area contributed by atoms with Crippen LogP contribution in [0.25, 0.3) is 0 Å². The van der Waals surface area contributed by atoms with Gasteiger partial charge < -0.3 is 14.8 Å². The van der Waals surface area contributed by atoms with Gasteiger partial charge in [0.1, 0.15) is 5.75 Å². The highest BCUT2D eigenvalue weighted by atomic mass is 16.5. The summed E-state index contributed by atoms with van der Waals surface area (Å²) in [4.78, 5) is 12.3. The van der Waals surface area contributed by atoms with Crippen molar-refractivity contribution in [3.05, 3.63) is 65.2 Å². The molecular formula is C20H25NO3. The Morgan fingerprint density at radius 2 is 1.92 bits per heavy atom. The van der Waals surface area contributed by atoms with Gasteiger partial charge in [0, 0.05) is 24.3 Å². The van der Waals surface area contributed by atoms with Gasteiger partial charge in [-0.05, 0) is 36.6 Å². The van der Waals surface area contributed by atoms with Gasteiger partial charge in [0.2, 0.25) is 0 Å². The predicted molar refractivity (Wildman–Crippen MR) is 95.4 cm³/mol. The Hall–Kier alpha value is -2.33. The summed E-state index contributed by atoms with van der Waals surface area (Å²) in [7, 11) is 1.62. The van der Waals surface area contributed by atoms with Crippen LogP contribution in [0.2, 0.25) is 0 Å². The molecule has 1 N–H and O–H groups in total.